The third-order valence-electron chi connectivity index (χ3n) is 5.27. The van der Waals surface area contributed by atoms with Crippen LogP contribution in [-0.2, 0) is 4.79 Å². The first-order valence-corrected chi connectivity index (χ1v) is 9.46. The average Bonchev–Trinajstić information content (AvgIpc) is 3.06. The molecule has 0 unspecified atom stereocenters. The van der Waals surface area contributed by atoms with Crippen molar-refractivity contribution in [3.63, 3.8) is 0 Å². The fourth-order valence-electron chi connectivity index (χ4n) is 3.86. The summed E-state index contributed by atoms with van der Waals surface area (Å²) in [5.74, 6) is -0.808. The van der Waals surface area contributed by atoms with Crippen LogP contribution in [0.5, 0.6) is 0 Å². The monoisotopic (exact) mass is 383 g/mol. The minimum absolute atomic E-state index is 0.645. The molecule has 0 spiro atoms. The van der Waals surface area contributed by atoms with Crippen LogP contribution in [0, 0.1) is 6.92 Å². The number of carboxylic acids is 1. The first kappa shape index (κ1) is 17.9. The number of aliphatic carboxylic acids is 1. The number of piperazine rings is 1. The zero-order valence-electron chi connectivity index (χ0n) is 15.2. The van der Waals surface area contributed by atoms with Crippen molar-refractivity contribution in [3.05, 3.63) is 64.8 Å². The van der Waals surface area contributed by atoms with Gasteiger partial charge in [-0.15, -0.1) is 0 Å². The minimum Gasteiger partial charge on any atom is -0.480 e. The molecule has 0 radical (unpaired) electrons. The summed E-state index contributed by atoms with van der Waals surface area (Å²) < 4.78 is 0. The quantitative estimate of drug-likeness (QED) is 0.712. The van der Waals surface area contributed by atoms with E-state index in [1.165, 1.54) is 0 Å². The van der Waals surface area contributed by atoms with Crippen LogP contribution in [0.2, 0.25) is 5.02 Å². The van der Waals surface area contributed by atoms with Crippen LogP contribution in [0.3, 0.4) is 0 Å². The van der Waals surface area contributed by atoms with Crippen molar-refractivity contribution >= 4 is 34.2 Å². The van der Waals surface area contributed by atoms with Gasteiger partial charge in [0.25, 0.3) is 0 Å². The van der Waals surface area contributed by atoms with Crippen molar-refractivity contribution in [2.75, 3.05) is 31.1 Å². The molecule has 4 rings (SSSR count). The highest BCUT2D eigenvalue weighted by Crippen LogP contribution is 2.31. The number of nitrogens with zero attached hydrogens (tertiary/aromatic N) is 2. The molecule has 140 valence electrons. The molecule has 5 nitrogen and oxygen atoms in total. The number of hydrogen-bond acceptors (Lipinski definition) is 3. The second kappa shape index (κ2) is 7.25. The van der Waals surface area contributed by atoms with E-state index in [0.29, 0.717) is 13.1 Å². The molecule has 3 aromatic rings. The lowest BCUT2D eigenvalue weighted by Crippen LogP contribution is -2.49. The van der Waals surface area contributed by atoms with Crippen molar-refractivity contribution in [2.24, 2.45) is 0 Å². The zero-order chi connectivity index (χ0) is 19.0. The number of carboxylic acid groups (broad SMARTS) is 1. The van der Waals surface area contributed by atoms with Crippen molar-refractivity contribution in [1.82, 2.24) is 9.88 Å². The Balaban J connectivity index is 1.56. The van der Waals surface area contributed by atoms with Crippen molar-refractivity contribution < 1.29 is 9.90 Å². The average molecular weight is 384 g/mol. The number of anilines is 1. The first-order valence-electron chi connectivity index (χ1n) is 9.08. The Morgan fingerprint density at radius 2 is 1.81 bits per heavy atom. The maximum atomic E-state index is 12.1. The van der Waals surface area contributed by atoms with E-state index >= 15 is 0 Å². The molecule has 6 heteroatoms. The third-order valence-corrected chi connectivity index (χ3v) is 5.52. The summed E-state index contributed by atoms with van der Waals surface area (Å²) in [7, 11) is 0. The molecule has 0 aliphatic carbocycles. The van der Waals surface area contributed by atoms with E-state index in [1.807, 2.05) is 49.5 Å². The summed E-state index contributed by atoms with van der Waals surface area (Å²) in [5.41, 5.74) is 4.05. The van der Waals surface area contributed by atoms with Gasteiger partial charge in [0.2, 0.25) is 0 Å². The molecule has 0 saturated carbocycles. The third kappa shape index (κ3) is 3.53. The van der Waals surface area contributed by atoms with E-state index < -0.39 is 12.0 Å². The number of aromatic amines is 1. The Morgan fingerprint density at radius 3 is 2.48 bits per heavy atom. The standard InChI is InChI=1S/C21H22ClN3O2/c1-14-2-7-19-17(12-14)18(13-23-19)20(21(26)27)25-10-8-24(9-11-25)16-5-3-15(22)4-6-16/h2-7,12-13,20,23H,8-11H2,1H3,(H,26,27)/t20-/m1/s1. The number of nitrogens with one attached hydrogen (secondary N) is 1. The van der Waals surface area contributed by atoms with Gasteiger partial charge >= 0.3 is 5.97 Å². The summed E-state index contributed by atoms with van der Waals surface area (Å²) in [5, 5.41) is 11.7. The second-order valence-electron chi connectivity index (χ2n) is 7.03. The van der Waals surface area contributed by atoms with Gasteiger partial charge in [0, 0.05) is 59.6 Å². The van der Waals surface area contributed by atoms with Crippen LogP contribution in [0.4, 0.5) is 5.69 Å². The SMILES string of the molecule is Cc1ccc2[nH]cc([C@H](C(=O)O)N3CCN(c4ccc(Cl)cc4)CC3)c2c1. The van der Waals surface area contributed by atoms with Crippen molar-refractivity contribution in [1.29, 1.82) is 0 Å². The topological polar surface area (TPSA) is 59.6 Å². The number of hydrogen-bond donors (Lipinski definition) is 2. The molecule has 2 N–H and O–H groups in total. The van der Waals surface area contributed by atoms with Crippen LogP contribution in [0.15, 0.2) is 48.7 Å². The van der Waals surface area contributed by atoms with Gasteiger partial charge < -0.3 is 15.0 Å². The molecule has 1 saturated heterocycles. The highest BCUT2D eigenvalue weighted by atomic mass is 35.5. The van der Waals surface area contributed by atoms with Crippen LogP contribution in [0.1, 0.15) is 17.2 Å². The van der Waals surface area contributed by atoms with E-state index in [0.717, 1.165) is 45.8 Å². The molecule has 0 bridgehead atoms. The summed E-state index contributed by atoms with van der Waals surface area (Å²) in [6.45, 7) is 4.98. The van der Waals surface area contributed by atoms with Gasteiger partial charge in [-0.1, -0.05) is 23.2 Å². The van der Waals surface area contributed by atoms with Gasteiger partial charge in [0.15, 0.2) is 0 Å². The largest absolute Gasteiger partial charge is 0.480 e. The maximum absolute atomic E-state index is 12.1. The van der Waals surface area contributed by atoms with Crippen molar-refractivity contribution in [3.8, 4) is 0 Å². The zero-order valence-corrected chi connectivity index (χ0v) is 15.9. The number of aromatic nitrogens is 1. The van der Waals surface area contributed by atoms with Crippen LogP contribution in [0.25, 0.3) is 10.9 Å². The Kier molecular flexibility index (Phi) is 4.81. The first-order chi connectivity index (χ1) is 13.0. The summed E-state index contributed by atoms with van der Waals surface area (Å²) >= 11 is 5.97. The summed E-state index contributed by atoms with van der Waals surface area (Å²) in [6.07, 6.45) is 1.84. The summed E-state index contributed by atoms with van der Waals surface area (Å²) in [4.78, 5) is 19.7. The predicted molar refractivity (Wildman–Crippen MR) is 109 cm³/mol. The van der Waals surface area contributed by atoms with Gasteiger partial charge in [-0.25, -0.2) is 0 Å². The number of benzene rings is 2. The van der Waals surface area contributed by atoms with Crippen LogP contribution < -0.4 is 4.90 Å². The second-order valence-corrected chi connectivity index (χ2v) is 7.47. The van der Waals surface area contributed by atoms with Crippen molar-refractivity contribution in [2.45, 2.75) is 13.0 Å². The molecule has 1 aliphatic heterocycles. The lowest BCUT2D eigenvalue weighted by molar-refractivity contribution is -0.143. The number of aryl methyl sites for hydroxylation is 1. The molecule has 1 aromatic heterocycles. The van der Waals surface area contributed by atoms with Gasteiger partial charge in [-0.2, -0.15) is 0 Å². The number of rotatable bonds is 4. The Labute approximate surface area is 163 Å². The van der Waals surface area contributed by atoms with E-state index in [1.54, 1.807) is 0 Å². The van der Waals surface area contributed by atoms with Gasteiger partial charge in [0.05, 0.1) is 0 Å². The molecule has 2 heterocycles. The van der Waals surface area contributed by atoms with E-state index in [9.17, 15) is 9.90 Å². The van der Waals surface area contributed by atoms with E-state index in [4.69, 9.17) is 11.6 Å². The lowest BCUT2D eigenvalue weighted by atomic mass is 10.0. The molecular weight excluding hydrogens is 362 g/mol. The Morgan fingerprint density at radius 1 is 1.11 bits per heavy atom. The smallest absolute Gasteiger partial charge is 0.325 e. The molecular formula is C21H22ClN3O2. The van der Waals surface area contributed by atoms with E-state index in [2.05, 4.69) is 20.9 Å². The number of halogens is 1. The van der Waals surface area contributed by atoms with Crippen LogP contribution in [-0.4, -0.2) is 47.1 Å². The van der Waals surface area contributed by atoms with Gasteiger partial charge in [-0.05, 0) is 43.3 Å². The Hall–Kier alpha value is -2.50. The molecule has 27 heavy (non-hydrogen) atoms. The lowest BCUT2D eigenvalue weighted by Gasteiger charge is -2.38. The highest BCUT2D eigenvalue weighted by molar-refractivity contribution is 6.30. The maximum Gasteiger partial charge on any atom is 0.325 e. The summed E-state index contributed by atoms with van der Waals surface area (Å²) in [6, 6.07) is 13.2. The van der Waals surface area contributed by atoms with Gasteiger partial charge in [0.1, 0.15) is 6.04 Å². The molecule has 1 fully saturated rings. The fraction of sp³-hybridized carbons (Fsp3) is 0.286. The van der Waals surface area contributed by atoms with Crippen LogP contribution >= 0.6 is 11.6 Å². The minimum atomic E-state index is -0.808. The molecule has 2 aromatic carbocycles. The predicted octanol–water partition coefficient (Wildman–Crippen LogP) is 4.08. The van der Waals surface area contributed by atoms with Gasteiger partial charge in [-0.3, -0.25) is 9.69 Å². The number of fused-ring (bicyclic) bond motifs is 1. The number of carbonyl (C=O) groups is 1. The molecule has 0 amide bonds. The Bertz CT molecular complexity index is 959. The van der Waals surface area contributed by atoms with E-state index in [-0.39, 0.29) is 0 Å². The normalized spacial score (nSPS) is 16.6. The highest BCUT2D eigenvalue weighted by Gasteiger charge is 2.32. The number of H-pyrrole nitrogens is 1. The molecule has 1 atom stereocenters. The molecule has 1 aliphatic rings. The fourth-order valence-corrected chi connectivity index (χ4v) is 3.98.